The summed E-state index contributed by atoms with van der Waals surface area (Å²) in [4.78, 5) is 26.7. The van der Waals surface area contributed by atoms with Crippen LogP contribution in [0.5, 0.6) is 0 Å². The van der Waals surface area contributed by atoms with Gasteiger partial charge in [-0.3, -0.25) is 14.9 Å². The summed E-state index contributed by atoms with van der Waals surface area (Å²) in [5.41, 5.74) is 0.236. The molecule has 1 amide bonds. The number of nitro benzene ring substituents is 1. The van der Waals surface area contributed by atoms with Gasteiger partial charge in [0.1, 0.15) is 0 Å². The molecule has 1 aromatic rings. The van der Waals surface area contributed by atoms with Crippen molar-refractivity contribution >= 4 is 41.5 Å². The summed E-state index contributed by atoms with van der Waals surface area (Å²) in [5, 5.41) is 19.8. The van der Waals surface area contributed by atoms with Gasteiger partial charge in [-0.05, 0) is 27.7 Å². The molecule has 0 saturated carbocycles. The van der Waals surface area contributed by atoms with E-state index in [2.05, 4.69) is 20.9 Å². The van der Waals surface area contributed by atoms with E-state index in [1.54, 1.807) is 18.2 Å². The van der Waals surface area contributed by atoms with Gasteiger partial charge in [-0.25, -0.2) is 4.99 Å². The van der Waals surface area contributed by atoms with Gasteiger partial charge in [0.25, 0.3) is 5.69 Å². The van der Waals surface area contributed by atoms with E-state index < -0.39 is 4.92 Å². The fourth-order valence-corrected chi connectivity index (χ4v) is 1.96. The number of guanidine groups is 1. The molecule has 0 bridgehead atoms. The number of amides is 1. The van der Waals surface area contributed by atoms with Crippen LogP contribution in [0.25, 0.3) is 0 Å². The van der Waals surface area contributed by atoms with Crippen LogP contribution in [0, 0.1) is 10.1 Å². The summed E-state index contributed by atoms with van der Waals surface area (Å²) in [7, 11) is 0. The van der Waals surface area contributed by atoms with Gasteiger partial charge in [-0.2, -0.15) is 0 Å². The minimum atomic E-state index is -0.429. The molecule has 1 aromatic carbocycles. The number of hydrogen-bond donors (Lipinski definition) is 3. The van der Waals surface area contributed by atoms with Crippen LogP contribution >= 0.6 is 24.0 Å². The first-order valence-electron chi connectivity index (χ1n) is 7.78. The lowest BCUT2D eigenvalue weighted by atomic mass is 10.1. The molecule has 25 heavy (non-hydrogen) atoms. The number of carbonyl (C=O) groups excluding carboxylic acids is 1. The standard InChI is InChI=1S/C16H25N5O3.HI/c1-5-17-15(19-11-14(22)20-16(2,3)4)18-10-12-8-6-7-9-13(12)21(23)24;/h6-9H,5,10-11H2,1-4H3,(H,20,22)(H2,17,18,19);1H. The van der Waals surface area contributed by atoms with Gasteiger partial charge in [0.15, 0.2) is 5.96 Å². The Balaban J connectivity index is 0.00000576. The van der Waals surface area contributed by atoms with Crippen LogP contribution in [-0.4, -0.2) is 35.4 Å². The lowest BCUT2D eigenvalue weighted by molar-refractivity contribution is -0.385. The first-order valence-corrected chi connectivity index (χ1v) is 7.78. The van der Waals surface area contributed by atoms with E-state index >= 15 is 0 Å². The zero-order valence-electron chi connectivity index (χ0n) is 15.0. The first-order chi connectivity index (χ1) is 11.2. The lowest BCUT2D eigenvalue weighted by Gasteiger charge is -2.21. The minimum absolute atomic E-state index is 0. The maximum atomic E-state index is 11.8. The number of nitrogens with zero attached hydrogens (tertiary/aromatic N) is 2. The van der Waals surface area contributed by atoms with E-state index in [1.807, 2.05) is 27.7 Å². The maximum Gasteiger partial charge on any atom is 0.274 e. The number of nitro groups is 1. The molecule has 0 aliphatic carbocycles. The largest absolute Gasteiger partial charge is 0.357 e. The molecule has 8 nitrogen and oxygen atoms in total. The van der Waals surface area contributed by atoms with Crippen LogP contribution in [0.1, 0.15) is 33.3 Å². The molecule has 0 atom stereocenters. The van der Waals surface area contributed by atoms with Crippen molar-refractivity contribution in [1.29, 1.82) is 0 Å². The van der Waals surface area contributed by atoms with Crippen molar-refractivity contribution in [2.75, 3.05) is 13.1 Å². The Hall–Kier alpha value is -1.91. The molecular formula is C16H26IN5O3. The highest BCUT2D eigenvalue weighted by atomic mass is 127. The monoisotopic (exact) mass is 463 g/mol. The van der Waals surface area contributed by atoms with Crippen molar-refractivity contribution in [3.8, 4) is 0 Å². The van der Waals surface area contributed by atoms with E-state index in [9.17, 15) is 14.9 Å². The Morgan fingerprint density at radius 3 is 2.44 bits per heavy atom. The molecule has 0 radical (unpaired) electrons. The van der Waals surface area contributed by atoms with E-state index in [-0.39, 0.29) is 54.2 Å². The van der Waals surface area contributed by atoms with Gasteiger partial charge in [0.2, 0.25) is 5.91 Å². The highest BCUT2D eigenvalue weighted by Gasteiger charge is 2.14. The molecule has 3 N–H and O–H groups in total. The zero-order valence-corrected chi connectivity index (χ0v) is 17.3. The fraction of sp³-hybridized carbons (Fsp3) is 0.500. The number of rotatable bonds is 6. The van der Waals surface area contributed by atoms with E-state index in [4.69, 9.17) is 0 Å². The molecular weight excluding hydrogens is 437 g/mol. The topological polar surface area (TPSA) is 109 Å². The number of para-hydroxylation sites is 1. The molecule has 140 valence electrons. The summed E-state index contributed by atoms with van der Waals surface area (Å²) in [6, 6.07) is 6.46. The Morgan fingerprint density at radius 2 is 1.88 bits per heavy atom. The van der Waals surface area contributed by atoms with Crippen LogP contribution < -0.4 is 16.0 Å². The van der Waals surface area contributed by atoms with Gasteiger partial charge < -0.3 is 16.0 Å². The second-order valence-electron chi connectivity index (χ2n) is 6.23. The predicted octanol–water partition coefficient (Wildman–Crippen LogP) is 2.18. The van der Waals surface area contributed by atoms with Crippen molar-refractivity contribution in [3.63, 3.8) is 0 Å². The molecule has 0 aromatic heterocycles. The lowest BCUT2D eigenvalue weighted by Crippen LogP contribution is -2.48. The number of carbonyl (C=O) groups is 1. The summed E-state index contributed by atoms with van der Waals surface area (Å²) < 4.78 is 0. The highest BCUT2D eigenvalue weighted by Crippen LogP contribution is 2.18. The number of benzene rings is 1. The summed E-state index contributed by atoms with van der Waals surface area (Å²) >= 11 is 0. The summed E-state index contributed by atoms with van der Waals surface area (Å²) in [6.45, 7) is 8.44. The smallest absolute Gasteiger partial charge is 0.274 e. The molecule has 0 heterocycles. The Labute approximate surface area is 165 Å². The highest BCUT2D eigenvalue weighted by molar-refractivity contribution is 14.0. The van der Waals surface area contributed by atoms with Crippen molar-refractivity contribution in [1.82, 2.24) is 16.0 Å². The quantitative estimate of drug-likeness (QED) is 0.197. The first kappa shape index (κ1) is 23.1. The molecule has 0 saturated heterocycles. The second kappa shape index (κ2) is 10.9. The Kier molecular flexibility index (Phi) is 10.0. The number of halogens is 1. The van der Waals surface area contributed by atoms with Gasteiger partial charge in [-0.15, -0.1) is 24.0 Å². The van der Waals surface area contributed by atoms with Crippen molar-refractivity contribution in [2.24, 2.45) is 4.99 Å². The molecule has 0 spiro atoms. The van der Waals surface area contributed by atoms with Gasteiger partial charge >= 0.3 is 0 Å². The molecule has 9 heteroatoms. The molecule has 0 aliphatic heterocycles. The third-order valence-electron chi connectivity index (χ3n) is 2.87. The van der Waals surface area contributed by atoms with Crippen LogP contribution in [-0.2, 0) is 11.3 Å². The van der Waals surface area contributed by atoms with E-state index in [1.165, 1.54) is 6.07 Å². The van der Waals surface area contributed by atoms with Crippen molar-refractivity contribution in [3.05, 3.63) is 39.9 Å². The zero-order chi connectivity index (χ0) is 18.2. The van der Waals surface area contributed by atoms with Crippen LogP contribution in [0.4, 0.5) is 5.69 Å². The van der Waals surface area contributed by atoms with Crippen LogP contribution in [0.2, 0.25) is 0 Å². The SMILES string of the molecule is CCNC(=NCc1ccccc1[N+](=O)[O-])NCC(=O)NC(C)(C)C.I. The summed E-state index contributed by atoms with van der Waals surface area (Å²) in [5.74, 6) is 0.276. The van der Waals surface area contributed by atoms with Gasteiger partial charge in [0, 0.05) is 18.2 Å². The van der Waals surface area contributed by atoms with Crippen LogP contribution in [0.15, 0.2) is 29.3 Å². The number of aliphatic imine (C=N–C) groups is 1. The predicted molar refractivity (Wildman–Crippen MR) is 109 cm³/mol. The van der Waals surface area contributed by atoms with Crippen molar-refractivity contribution < 1.29 is 9.72 Å². The molecule has 0 unspecified atom stereocenters. The number of nitrogens with one attached hydrogen (secondary N) is 3. The fourth-order valence-electron chi connectivity index (χ4n) is 1.96. The third kappa shape index (κ3) is 9.22. The normalized spacial score (nSPS) is 11.3. The molecule has 0 fully saturated rings. The molecule has 1 rings (SSSR count). The average molecular weight is 463 g/mol. The third-order valence-corrected chi connectivity index (χ3v) is 2.87. The van der Waals surface area contributed by atoms with Gasteiger partial charge in [-0.1, -0.05) is 18.2 Å². The minimum Gasteiger partial charge on any atom is -0.357 e. The van der Waals surface area contributed by atoms with E-state index in [0.717, 1.165) is 0 Å². The Morgan fingerprint density at radius 1 is 1.24 bits per heavy atom. The van der Waals surface area contributed by atoms with Gasteiger partial charge in [0.05, 0.1) is 23.6 Å². The molecule has 0 aliphatic rings. The number of hydrogen-bond acceptors (Lipinski definition) is 4. The Bertz CT molecular complexity index is 614. The average Bonchev–Trinajstić information content (AvgIpc) is 2.48. The van der Waals surface area contributed by atoms with E-state index in [0.29, 0.717) is 18.1 Å². The second-order valence-corrected chi connectivity index (χ2v) is 6.23. The maximum absolute atomic E-state index is 11.8. The van der Waals surface area contributed by atoms with Crippen LogP contribution in [0.3, 0.4) is 0 Å². The van der Waals surface area contributed by atoms with Crippen molar-refractivity contribution in [2.45, 2.75) is 39.8 Å². The summed E-state index contributed by atoms with van der Waals surface area (Å²) in [6.07, 6.45) is 0.